The van der Waals surface area contributed by atoms with Gasteiger partial charge in [-0.1, -0.05) is 18.2 Å². The Kier molecular flexibility index (Phi) is 2.74. The SMILES string of the molecule is Nc1ncc2c(n1)CC(c1ccccc1F)CC2=O. The molecular formula is C14H12FN3O. The summed E-state index contributed by atoms with van der Waals surface area (Å²) in [6, 6.07) is 6.52. The van der Waals surface area contributed by atoms with Gasteiger partial charge in [0.15, 0.2) is 5.78 Å². The summed E-state index contributed by atoms with van der Waals surface area (Å²) in [6.45, 7) is 0. The van der Waals surface area contributed by atoms with Crippen LogP contribution in [-0.2, 0) is 6.42 Å². The lowest BCUT2D eigenvalue weighted by Crippen LogP contribution is -2.21. The van der Waals surface area contributed by atoms with E-state index in [1.165, 1.54) is 12.3 Å². The first-order valence-corrected chi connectivity index (χ1v) is 6.04. The van der Waals surface area contributed by atoms with Crippen LogP contribution in [0.3, 0.4) is 0 Å². The van der Waals surface area contributed by atoms with Crippen LogP contribution in [0.5, 0.6) is 0 Å². The zero-order valence-corrected chi connectivity index (χ0v) is 10.1. The van der Waals surface area contributed by atoms with E-state index in [0.717, 1.165) is 0 Å². The van der Waals surface area contributed by atoms with E-state index < -0.39 is 0 Å². The van der Waals surface area contributed by atoms with E-state index in [9.17, 15) is 9.18 Å². The molecule has 0 spiro atoms. The van der Waals surface area contributed by atoms with Crippen molar-refractivity contribution in [3.05, 3.63) is 53.1 Å². The highest BCUT2D eigenvalue weighted by Crippen LogP contribution is 2.32. The molecule has 19 heavy (non-hydrogen) atoms. The molecule has 0 saturated heterocycles. The van der Waals surface area contributed by atoms with Gasteiger partial charge in [-0.25, -0.2) is 14.4 Å². The third kappa shape index (κ3) is 2.07. The molecule has 0 radical (unpaired) electrons. The number of nitrogens with two attached hydrogens (primary N) is 1. The quantitative estimate of drug-likeness (QED) is 0.849. The highest BCUT2D eigenvalue weighted by atomic mass is 19.1. The predicted octanol–water partition coefficient (Wildman–Crippen LogP) is 2.11. The van der Waals surface area contributed by atoms with Gasteiger partial charge >= 0.3 is 0 Å². The van der Waals surface area contributed by atoms with Crippen LogP contribution in [0, 0.1) is 5.82 Å². The normalized spacial score (nSPS) is 18.2. The zero-order chi connectivity index (χ0) is 13.4. The van der Waals surface area contributed by atoms with Gasteiger partial charge in [0.05, 0.1) is 11.3 Å². The molecule has 0 bridgehead atoms. The predicted molar refractivity (Wildman–Crippen MR) is 68.2 cm³/mol. The number of benzene rings is 1. The Bertz CT molecular complexity index is 657. The molecular weight excluding hydrogens is 245 g/mol. The number of carbonyl (C=O) groups excluding carboxylic acids is 1. The highest BCUT2D eigenvalue weighted by Gasteiger charge is 2.29. The number of carbonyl (C=O) groups is 1. The zero-order valence-electron chi connectivity index (χ0n) is 10.1. The number of aromatic nitrogens is 2. The fourth-order valence-electron chi connectivity index (χ4n) is 2.49. The lowest BCUT2D eigenvalue weighted by atomic mass is 9.82. The number of hydrogen-bond donors (Lipinski definition) is 1. The molecule has 1 atom stereocenters. The van der Waals surface area contributed by atoms with Crippen LogP contribution < -0.4 is 5.73 Å². The summed E-state index contributed by atoms with van der Waals surface area (Å²) >= 11 is 0. The summed E-state index contributed by atoms with van der Waals surface area (Å²) in [4.78, 5) is 20.0. The maximum atomic E-state index is 13.8. The van der Waals surface area contributed by atoms with Crippen LogP contribution >= 0.6 is 0 Å². The Morgan fingerprint density at radius 1 is 1.26 bits per heavy atom. The van der Waals surface area contributed by atoms with Gasteiger partial charge in [-0.2, -0.15) is 0 Å². The molecule has 1 aliphatic carbocycles. The largest absolute Gasteiger partial charge is 0.368 e. The summed E-state index contributed by atoms with van der Waals surface area (Å²) in [5.41, 5.74) is 7.20. The highest BCUT2D eigenvalue weighted by molar-refractivity contribution is 5.98. The van der Waals surface area contributed by atoms with Crippen molar-refractivity contribution >= 4 is 11.7 Å². The van der Waals surface area contributed by atoms with Crippen LogP contribution in [0.1, 0.15) is 34.0 Å². The van der Waals surface area contributed by atoms with E-state index in [2.05, 4.69) is 9.97 Å². The monoisotopic (exact) mass is 257 g/mol. The third-order valence-corrected chi connectivity index (χ3v) is 3.40. The summed E-state index contributed by atoms with van der Waals surface area (Å²) in [5, 5.41) is 0. The minimum Gasteiger partial charge on any atom is -0.368 e. The molecule has 2 N–H and O–H groups in total. The number of hydrogen-bond acceptors (Lipinski definition) is 4. The molecule has 0 saturated carbocycles. The Hall–Kier alpha value is -2.30. The van der Waals surface area contributed by atoms with E-state index in [0.29, 0.717) is 23.2 Å². The van der Waals surface area contributed by atoms with Gasteiger partial charge < -0.3 is 5.73 Å². The molecule has 96 valence electrons. The van der Waals surface area contributed by atoms with Gasteiger partial charge in [0, 0.05) is 12.6 Å². The van der Waals surface area contributed by atoms with Crippen molar-refractivity contribution in [2.45, 2.75) is 18.8 Å². The fourth-order valence-corrected chi connectivity index (χ4v) is 2.49. The Balaban J connectivity index is 2.01. The van der Waals surface area contributed by atoms with E-state index in [4.69, 9.17) is 5.73 Å². The molecule has 1 aliphatic rings. The van der Waals surface area contributed by atoms with E-state index in [1.807, 2.05) is 0 Å². The average Bonchev–Trinajstić information content (AvgIpc) is 2.38. The molecule has 5 heteroatoms. The van der Waals surface area contributed by atoms with Gasteiger partial charge in [0.2, 0.25) is 5.95 Å². The van der Waals surface area contributed by atoms with Gasteiger partial charge in [0.1, 0.15) is 5.82 Å². The minimum absolute atomic E-state index is 0.0606. The first kappa shape index (κ1) is 11.8. The van der Waals surface area contributed by atoms with Gasteiger partial charge in [-0.05, 0) is 24.0 Å². The fraction of sp³-hybridized carbons (Fsp3) is 0.214. The summed E-state index contributed by atoms with van der Waals surface area (Å²) in [5.74, 6) is -0.392. The van der Waals surface area contributed by atoms with Crippen LogP contribution in [0.25, 0.3) is 0 Å². The van der Waals surface area contributed by atoms with Crippen LogP contribution in [0.4, 0.5) is 10.3 Å². The molecule has 1 heterocycles. The molecule has 1 aromatic carbocycles. The number of fused-ring (bicyclic) bond motifs is 1. The minimum atomic E-state index is -0.286. The van der Waals surface area contributed by atoms with Crippen molar-refractivity contribution in [2.75, 3.05) is 5.73 Å². The van der Waals surface area contributed by atoms with Gasteiger partial charge in [-0.15, -0.1) is 0 Å². The first-order valence-electron chi connectivity index (χ1n) is 6.04. The van der Waals surface area contributed by atoms with Crippen molar-refractivity contribution in [3.8, 4) is 0 Å². The number of Topliss-reactive ketones (excluding diaryl/α,β-unsaturated/α-hetero) is 1. The number of nitrogens with zero attached hydrogens (tertiary/aromatic N) is 2. The lowest BCUT2D eigenvalue weighted by molar-refractivity contribution is 0.0962. The molecule has 1 unspecified atom stereocenters. The Morgan fingerprint density at radius 3 is 2.84 bits per heavy atom. The van der Waals surface area contributed by atoms with Crippen LogP contribution in [0.15, 0.2) is 30.5 Å². The topological polar surface area (TPSA) is 68.9 Å². The second kappa shape index (κ2) is 4.42. The first-order chi connectivity index (χ1) is 9.15. The second-order valence-electron chi connectivity index (χ2n) is 4.64. The Labute approximate surface area is 109 Å². The number of nitrogen functional groups attached to an aromatic ring is 1. The molecule has 2 aromatic rings. The molecule has 4 nitrogen and oxygen atoms in total. The van der Waals surface area contributed by atoms with E-state index >= 15 is 0 Å². The summed E-state index contributed by atoms with van der Waals surface area (Å²) in [7, 11) is 0. The molecule has 0 aliphatic heterocycles. The van der Waals surface area contributed by atoms with Crippen LogP contribution in [0.2, 0.25) is 0 Å². The van der Waals surface area contributed by atoms with Gasteiger partial charge in [0.25, 0.3) is 0 Å². The average molecular weight is 257 g/mol. The van der Waals surface area contributed by atoms with Crippen molar-refractivity contribution in [2.24, 2.45) is 0 Å². The van der Waals surface area contributed by atoms with Gasteiger partial charge in [-0.3, -0.25) is 4.79 Å². The molecule has 1 aromatic heterocycles. The molecule has 3 rings (SSSR count). The van der Waals surface area contributed by atoms with Crippen molar-refractivity contribution in [1.82, 2.24) is 9.97 Å². The summed E-state index contributed by atoms with van der Waals surface area (Å²) < 4.78 is 13.8. The third-order valence-electron chi connectivity index (χ3n) is 3.40. The number of ketones is 1. The Morgan fingerprint density at radius 2 is 2.05 bits per heavy atom. The molecule has 0 fully saturated rings. The number of anilines is 1. The number of rotatable bonds is 1. The lowest BCUT2D eigenvalue weighted by Gasteiger charge is -2.23. The molecule has 0 amide bonds. The second-order valence-corrected chi connectivity index (χ2v) is 4.64. The maximum absolute atomic E-state index is 13.8. The number of halogens is 1. The van der Waals surface area contributed by atoms with Crippen molar-refractivity contribution < 1.29 is 9.18 Å². The summed E-state index contributed by atoms with van der Waals surface area (Å²) in [6.07, 6.45) is 2.24. The standard InChI is InChI=1S/C14H12FN3O/c15-11-4-2-1-3-9(11)8-5-12-10(13(19)6-8)7-17-14(16)18-12/h1-4,7-8H,5-6H2,(H2,16,17,18). The van der Waals surface area contributed by atoms with Crippen molar-refractivity contribution in [1.29, 1.82) is 0 Å². The van der Waals surface area contributed by atoms with E-state index in [1.54, 1.807) is 18.2 Å². The van der Waals surface area contributed by atoms with E-state index in [-0.39, 0.29) is 29.9 Å². The van der Waals surface area contributed by atoms with Crippen molar-refractivity contribution in [3.63, 3.8) is 0 Å². The van der Waals surface area contributed by atoms with Crippen LogP contribution in [-0.4, -0.2) is 15.8 Å². The smallest absolute Gasteiger partial charge is 0.220 e. The maximum Gasteiger partial charge on any atom is 0.220 e.